The molecule has 0 fully saturated rings. The zero-order valence-corrected chi connectivity index (χ0v) is 11.3. The third-order valence-electron chi connectivity index (χ3n) is 3.15. The summed E-state index contributed by atoms with van der Waals surface area (Å²) < 4.78 is 15.9. The van der Waals surface area contributed by atoms with Crippen LogP contribution in [-0.4, -0.2) is 36.4 Å². The maximum Gasteiger partial charge on any atom is 0.339 e. The van der Waals surface area contributed by atoms with Crippen LogP contribution in [0, 0.1) is 0 Å². The van der Waals surface area contributed by atoms with E-state index in [1.165, 1.54) is 7.11 Å². The number of nitrogens with zero attached hydrogens (tertiary/aromatic N) is 1. The zero-order valence-electron chi connectivity index (χ0n) is 11.3. The van der Waals surface area contributed by atoms with Gasteiger partial charge in [-0.25, -0.2) is 9.78 Å². The number of carbonyl (C=O) groups is 1. The van der Waals surface area contributed by atoms with Gasteiger partial charge in [0.15, 0.2) is 11.5 Å². The van der Waals surface area contributed by atoms with E-state index in [1.807, 2.05) is 6.07 Å². The minimum atomic E-state index is -1.06. The van der Waals surface area contributed by atoms with Crippen LogP contribution in [0.25, 0.3) is 11.1 Å². The van der Waals surface area contributed by atoms with Crippen LogP contribution < -0.4 is 14.2 Å². The number of rotatable bonds is 3. The highest BCUT2D eigenvalue weighted by Crippen LogP contribution is 2.38. The Morgan fingerprint density at radius 2 is 2.05 bits per heavy atom. The number of aromatic nitrogens is 1. The van der Waals surface area contributed by atoms with Crippen molar-refractivity contribution in [1.82, 2.24) is 4.98 Å². The van der Waals surface area contributed by atoms with Gasteiger partial charge in [0, 0.05) is 17.8 Å². The lowest BCUT2D eigenvalue weighted by Gasteiger charge is -2.21. The van der Waals surface area contributed by atoms with Crippen LogP contribution in [0.4, 0.5) is 0 Å². The number of fused-ring (bicyclic) bond motifs is 1. The second-order valence-corrected chi connectivity index (χ2v) is 4.44. The normalized spacial score (nSPS) is 12.8. The number of hydrogen-bond donors (Lipinski definition) is 1. The molecule has 1 aliphatic heterocycles. The van der Waals surface area contributed by atoms with Gasteiger partial charge in [0.1, 0.15) is 18.8 Å². The fourth-order valence-electron chi connectivity index (χ4n) is 2.15. The van der Waals surface area contributed by atoms with Gasteiger partial charge in [-0.05, 0) is 23.8 Å². The number of aromatic carboxylic acids is 1. The van der Waals surface area contributed by atoms with Gasteiger partial charge in [-0.15, -0.1) is 0 Å². The molecule has 3 rings (SSSR count). The Morgan fingerprint density at radius 1 is 1.24 bits per heavy atom. The predicted octanol–water partition coefficient (Wildman–Crippen LogP) is 2.23. The van der Waals surface area contributed by atoms with Crippen LogP contribution in [0.5, 0.6) is 17.4 Å². The van der Waals surface area contributed by atoms with Gasteiger partial charge in [-0.1, -0.05) is 0 Å². The average molecular weight is 287 g/mol. The first-order valence-electron chi connectivity index (χ1n) is 6.36. The van der Waals surface area contributed by atoms with E-state index in [-0.39, 0.29) is 11.3 Å². The van der Waals surface area contributed by atoms with Crippen LogP contribution in [0.2, 0.25) is 0 Å². The molecule has 0 saturated carbocycles. The molecule has 0 radical (unpaired) electrons. The van der Waals surface area contributed by atoms with Gasteiger partial charge in [0.25, 0.3) is 0 Å². The van der Waals surface area contributed by atoms with Gasteiger partial charge in [0.2, 0.25) is 5.88 Å². The van der Waals surface area contributed by atoms with Crippen molar-refractivity contribution >= 4 is 5.97 Å². The van der Waals surface area contributed by atoms with E-state index >= 15 is 0 Å². The molecule has 2 aromatic rings. The lowest BCUT2D eigenvalue weighted by molar-refractivity contribution is 0.0686. The van der Waals surface area contributed by atoms with E-state index in [2.05, 4.69) is 4.98 Å². The van der Waals surface area contributed by atoms with Gasteiger partial charge in [0.05, 0.1) is 7.11 Å². The van der Waals surface area contributed by atoms with E-state index in [9.17, 15) is 9.90 Å². The van der Waals surface area contributed by atoms with Crippen LogP contribution in [0.15, 0.2) is 30.5 Å². The molecule has 1 N–H and O–H groups in total. The summed E-state index contributed by atoms with van der Waals surface area (Å²) in [5.41, 5.74) is 1.56. The Hall–Kier alpha value is -2.76. The molecule has 0 unspecified atom stereocenters. The Kier molecular flexibility index (Phi) is 3.35. The van der Waals surface area contributed by atoms with Crippen LogP contribution in [0.3, 0.4) is 0 Å². The van der Waals surface area contributed by atoms with E-state index in [0.717, 1.165) is 5.56 Å². The number of ether oxygens (including phenoxy) is 3. The largest absolute Gasteiger partial charge is 0.486 e. The SMILES string of the molecule is COc1ccc(-c2cc3c(c(C(=O)O)c2)OCCO3)cn1. The monoisotopic (exact) mass is 287 g/mol. The molecule has 0 bridgehead atoms. The van der Waals surface area contributed by atoms with Crippen molar-refractivity contribution in [1.29, 1.82) is 0 Å². The summed E-state index contributed by atoms with van der Waals surface area (Å²) in [6.07, 6.45) is 1.62. The fraction of sp³-hybridized carbons (Fsp3) is 0.200. The lowest BCUT2D eigenvalue weighted by Crippen LogP contribution is -2.18. The standard InChI is InChI=1S/C15H13NO5/c1-19-13-3-2-9(8-16-13)10-6-11(15(17)18)14-12(7-10)20-4-5-21-14/h2-3,6-8H,4-5H2,1H3,(H,17,18). The molecule has 0 aliphatic carbocycles. The average Bonchev–Trinajstić information content (AvgIpc) is 2.53. The van der Waals surface area contributed by atoms with Crippen molar-refractivity contribution in [2.24, 2.45) is 0 Å². The number of benzene rings is 1. The maximum atomic E-state index is 11.4. The number of pyridine rings is 1. The second-order valence-electron chi connectivity index (χ2n) is 4.44. The third kappa shape index (κ3) is 2.47. The quantitative estimate of drug-likeness (QED) is 0.932. The van der Waals surface area contributed by atoms with Crippen LogP contribution in [-0.2, 0) is 0 Å². The summed E-state index contributed by atoms with van der Waals surface area (Å²) in [5.74, 6) is 0.153. The van der Waals surface area contributed by atoms with Crippen LogP contribution >= 0.6 is 0 Å². The molecule has 6 heteroatoms. The predicted molar refractivity (Wildman–Crippen MR) is 74.2 cm³/mol. The van der Waals surface area contributed by atoms with Gasteiger partial charge >= 0.3 is 5.97 Å². The molecule has 6 nitrogen and oxygen atoms in total. The van der Waals surface area contributed by atoms with Gasteiger partial charge in [-0.2, -0.15) is 0 Å². The minimum absolute atomic E-state index is 0.0815. The summed E-state index contributed by atoms with van der Waals surface area (Å²) >= 11 is 0. The number of methoxy groups -OCH3 is 1. The summed E-state index contributed by atoms with van der Waals surface area (Å²) in [7, 11) is 1.54. The molecule has 2 heterocycles. The van der Waals surface area contributed by atoms with Crippen molar-refractivity contribution < 1.29 is 24.1 Å². The highest BCUT2D eigenvalue weighted by molar-refractivity contribution is 5.94. The molecular formula is C15H13NO5. The molecule has 1 aromatic carbocycles. The maximum absolute atomic E-state index is 11.4. The van der Waals surface area contributed by atoms with Crippen molar-refractivity contribution in [2.75, 3.05) is 20.3 Å². The third-order valence-corrected chi connectivity index (χ3v) is 3.15. The first-order valence-corrected chi connectivity index (χ1v) is 6.36. The first-order chi connectivity index (χ1) is 10.2. The Labute approximate surface area is 120 Å². The van der Waals surface area contributed by atoms with Crippen molar-refractivity contribution in [3.63, 3.8) is 0 Å². The fourth-order valence-corrected chi connectivity index (χ4v) is 2.15. The first kappa shape index (κ1) is 13.2. The Balaban J connectivity index is 2.09. The van der Waals surface area contributed by atoms with E-state index in [0.29, 0.717) is 30.4 Å². The molecule has 0 saturated heterocycles. The lowest BCUT2D eigenvalue weighted by atomic mass is 10.0. The highest BCUT2D eigenvalue weighted by atomic mass is 16.6. The molecule has 0 spiro atoms. The minimum Gasteiger partial charge on any atom is -0.486 e. The smallest absolute Gasteiger partial charge is 0.339 e. The molecule has 108 valence electrons. The van der Waals surface area contributed by atoms with Crippen molar-refractivity contribution in [2.45, 2.75) is 0 Å². The van der Waals surface area contributed by atoms with Crippen molar-refractivity contribution in [3.05, 3.63) is 36.0 Å². The molecule has 0 atom stereocenters. The highest BCUT2D eigenvalue weighted by Gasteiger charge is 2.22. The van der Waals surface area contributed by atoms with E-state index in [1.54, 1.807) is 24.4 Å². The Bertz CT molecular complexity index is 681. The van der Waals surface area contributed by atoms with Gasteiger partial charge in [-0.3, -0.25) is 0 Å². The molecular weight excluding hydrogens is 274 g/mol. The summed E-state index contributed by atoms with van der Waals surface area (Å²) in [6.45, 7) is 0.743. The second kappa shape index (κ2) is 5.32. The zero-order chi connectivity index (χ0) is 14.8. The van der Waals surface area contributed by atoms with E-state index < -0.39 is 5.97 Å². The molecule has 1 aromatic heterocycles. The summed E-state index contributed by atoms with van der Waals surface area (Å²) in [6, 6.07) is 6.83. The molecule has 1 aliphatic rings. The topological polar surface area (TPSA) is 77.9 Å². The van der Waals surface area contributed by atoms with E-state index in [4.69, 9.17) is 14.2 Å². The van der Waals surface area contributed by atoms with Crippen LogP contribution in [0.1, 0.15) is 10.4 Å². The molecule has 0 amide bonds. The Morgan fingerprint density at radius 3 is 2.71 bits per heavy atom. The summed E-state index contributed by atoms with van der Waals surface area (Å²) in [5, 5.41) is 9.32. The van der Waals surface area contributed by atoms with Gasteiger partial charge < -0.3 is 19.3 Å². The number of hydrogen-bond acceptors (Lipinski definition) is 5. The number of carboxylic acids is 1. The van der Waals surface area contributed by atoms with Crippen molar-refractivity contribution in [3.8, 4) is 28.5 Å². The number of carboxylic acid groups (broad SMARTS) is 1. The summed E-state index contributed by atoms with van der Waals surface area (Å²) in [4.78, 5) is 15.5. The molecule has 21 heavy (non-hydrogen) atoms.